The van der Waals surface area contributed by atoms with E-state index in [2.05, 4.69) is 46.7 Å². The second kappa shape index (κ2) is 5.90. The van der Waals surface area contributed by atoms with E-state index in [9.17, 15) is 4.79 Å². The van der Waals surface area contributed by atoms with Crippen LogP contribution >= 0.6 is 11.3 Å². The molecule has 0 bridgehead atoms. The van der Waals surface area contributed by atoms with Gasteiger partial charge in [0, 0.05) is 24.4 Å². The van der Waals surface area contributed by atoms with E-state index in [4.69, 9.17) is 0 Å². The van der Waals surface area contributed by atoms with E-state index in [1.54, 1.807) is 18.3 Å². The molecule has 20 heavy (non-hydrogen) atoms. The standard InChI is InChI=1S/C17H19NOS/c1-13(19)8-10-18-11-9-14-5-2-3-6-15(14)17(18)16-7-4-12-20-16/h2-7,12,17H,8-11H2,1H3. The lowest BCUT2D eigenvalue weighted by atomic mass is 9.91. The number of nitrogens with zero attached hydrogens (tertiary/aromatic N) is 1. The number of rotatable bonds is 4. The number of thiophene rings is 1. The molecular weight excluding hydrogens is 266 g/mol. The third kappa shape index (κ3) is 2.69. The number of hydrogen-bond donors (Lipinski definition) is 0. The molecule has 3 heteroatoms. The monoisotopic (exact) mass is 285 g/mol. The van der Waals surface area contributed by atoms with Crippen LogP contribution < -0.4 is 0 Å². The highest BCUT2D eigenvalue weighted by molar-refractivity contribution is 7.10. The number of ketones is 1. The summed E-state index contributed by atoms with van der Waals surface area (Å²) in [6.07, 6.45) is 1.72. The number of carbonyl (C=O) groups excluding carboxylic acids is 1. The van der Waals surface area contributed by atoms with Crippen molar-refractivity contribution in [2.45, 2.75) is 25.8 Å². The molecule has 1 atom stereocenters. The van der Waals surface area contributed by atoms with Crippen LogP contribution in [-0.4, -0.2) is 23.8 Å². The zero-order chi connectivity index (χ0) is 13.9. The van der Waals surface area contributed by atoms with Crippen LogP contribution in [-0.2, 0) is 11.2 Å². The summed E-state index contributed by atoms with van der Waals surface area (Å²) in [5, 5.41) is 2.13. The Morgan fingerprint density at radius 2 is 2.15 bits per heavy atom. The van der Waals surface area contributed by atoms with Crippen LogP contribution in [0.15, 0.2) is 41.8 Å². The van der Waals surface area contributed by atoms with Gasteiger partial charge in [0.15, 0.2) is 0 Å². The largest absolute Gasteiger partial charge is 0.300 e. The van der Waals surface area contributed by atoms with Crippen molar-refractivity contribution in [1.29, 1.82) is 0 Å². The molecule has 0 saturated heterocycles. The summed E-state index contributed by atoms with van der Waals surface area (Å²) >= 11 is 1.80. The maximum absolute atomic E-state index is 11.3. The molecule has 104 valence electrons. The molecule has 2 heterocycles. The van der Waals surface area contributed by atoms with Crippen molar-refractivity contribution in [3.8, 4) is 0 Å². The van der Waals surface area contributed by atoms with Gasteiger partial charge in [-0.1, -0.05) is 30.3 Å². The van der Waals surface area contributed by atoms with Crippen molar-refractivity contribution in [3.63, 3.8) is 0 Å². The molecule has 1 aromatic heterocycles. The lowest BCUT2D eigenvalue weighted by Crippen LogP contribution is -2.37. The number of carbonyl (C=O) groups is 1. The number of hydrogen-bond acceptors (Lipinski definition) is 3. The van der Waals surface area contributed by atoms with Gasteiger partial charge in [0.25, 0.3) is 0 Å². The average molecular weight is 285 g/mol. The molecule has 1 unspecified atom stereocenters. The van der Waals surface area contributed by atoms with E-state index in [0.29, 0.717) is 12.5 Å². The highest BCUT2D eigenvalue weighted by atomic mass is 32.1. The Kier molecular flexibility index (Phi) is 3.99. The molecule has 2 nitrogen and oxygen atoms in total. The summed E-state index contributed by atoms with van der Waals surface area (Å²) in [4.78, 5) is 15.1. The molecule has 0 saturated carbocycles. The van der Waals surface area contributed by atoms with Gasteiger partial charge in [-0.2, -0.15) is 0 Å². The Bertz CT molecular complexity index is 591. The normalized spacial score (nSPS) is 18.8. The summed E-state index contributed by atoms with van der Waals surface area (Å²) in [5.41, 5.74) is 2.86. The van der Waals surface area contributed by atoms with Gasteiger partial charge in [0.05, 0.1) is 6.04 Å². The van der Waals surface area contributed by atoms with Crippen LogP contribution in [0.3, 0.4) is 0 Å². The van der Waals surface area contributed by atoms with Gasteiger partial charge in [-0.05, 0) is 35.9 Å². The SMILES string of the molecule is CC(=O)CCN1CCc2ccccc2C1c1cccs1. The summed E-state index contributed by atoms with van der Waals surface area (Å²) in [5.74, 6) is 0.272. The molecule has 3 rings (SSSR count). The van der Waals surface area contributed by atoms with Gasteiger partial charge < -0.3 is 0 Å². The van der Waals surface area contributed by atoms with Gasteiger partial charge in [-0.3, -0.25) is 9.69 Å². The van der Waals surface area contributed by atoms with Crippen molar-refractivity contribution in [1.82, 2.24) is 4.90 Å². The van der Waals surface area contributed by atoms with Crippen LogP contribution in [0.4, 0.5) is 0 Å². The van der Waals surface area contributed by atoms with E-state index < -0.39 is 0 Å². The number of Topliss-reactive ketones (excluding diaryl/α,β-unsaturated/α-hetero) is 1. The topological polar surface area (TPSA) is 20.3 Å². The maximum atomic E-state index is 11.3. The van der Waals surface area contributed by atoms with E-state index in [1.807, 2.05) is 0 Å². The molecule has 2 aromatic rings. The van der Waals surface area contributed by atoms with Gasteiger partial charge in [0.1, 0.15) is 5.78 Å². The van der Waals surface area contributed by atoms with Crippen LogP contribution in [0.2, 0.25) is 0 Å². The summed E-state index contributed by atoms with van der Waals surface area (Å²) in [7, 11) is 0. The fourth-order valence-electron chi connectivity index (χ4n) is 2.94. The zero-order valence-electron chi connectivity index (χ0n) is 11.7. The maximum Gasteiger partial charge on any atom is 0.131 e. The lowest BCUT2D eigenvalue weighted by molar-refractivity contribution is -0.117. The van der Waals surface area contributed by atoms with Crippen LogP contribution in [0.1, 0.15) is 35.4 Å². The van der Waals surface area contributed by atoms with Crippen molar-refractivity contribution >= 4 is 17.1 Å². The fourth-order valence-corrected chi connectivity index (χ4v) is 3.82. The molecule has 0 radical (unpaired) electrons. The molecule has 0 fully saturated rings. The molecular formula is C17H19NOS. The van der Waals surface area contributed by atoms with E-state index in [-0.39, 0.29) is 5.78 Å². The highest BCUT2D eigenvalue weighted by Gasteiger charge is 2.28. The Morgan fingerprint density at radius 3 is 2.90 bits per heavy atom. The van der Waals surface area contributed by atoms with Crippen molar-refractivity contribution < 1.29 is 4.79 Å². The second-order valence-electron chi connectivity index (χ2n) is 5.35. The van der Waals surface area contributed by atoms with E-state index in [1.165, 1.54) is 16.0 Å². The Balaban J connectivity index is 1.94. The van der Waals surface area contributed by atoms with Crippen LogP contribution in [0.25, 0.3) is 0 Å². The molecule has 0 aliphatic carbocycles. The van der Waals surface area contributed by atoms with Crippen molar-refractivity contribution in [2.75, 3.05) is 13.1 Å². The molecule has 0 spiro atoms. The number of fused-ring (bicyclic) bond motifs is 1. The first-order valence-corrected chi connectivity index (χ1v) is 7.98. The van der Waals surface area contributed by atoms with Crippen LogP contribution in [0.5, 0.6) is 0 Å². The minimum Gasteiger partial charge on any atom is -0.300 e. The molecule has 0 amide bonds. The van der Waals surface area contributed by atoms with E-state index >= 15 is 0 Å². The summed E-state index contributed by atoms with van der Waals surface area (Å²) < 4.78 is 0. The Hall–Kier alpha value is -1.45. The van der Waals surface area contributed by atoms with Crippen molar-refractivity contribution in [2.24, 2.45) is 0 Å². The summed E-state index contributed by atoms with van der Waals surface area (Å²) in [6, 6.07) is 13.3. The average Bonchev–Trinajstić information content (AvgIpc) is 2.98. The lowest BCUT2D eigenvalue weighted by Gasteiger charge is -2.36. The van der Waals surface area contributed by atoms with Gasteiger partial charge in [-0.25, -0.2) is 0 Å². The van der Waals surface area contributed by atoms with Crippen LogP contribution in [0, 0.1) is 0 Å². The molecule has 1 aliphatic rings. The first kappa shape index (κ1) is 13.5. The third-order valence-corrected chi connectivity index (χ3v) is 4.87. The predicted molar refractivity (Wildman–Crippen MR) is 83.2 cm³/mol. The first-order valence-electron chi connectivity index (χ1n) is 7.10. The number of benzene rings is 1. The van der Waals surface area contributed by atoms with Gasteiger partial charge in [-0.15, -0.1) is 11.3 Å². The smallest absolute Gasteiger partial charge is 0.131 e. The molecule has 0 N–H and O–H groups in total. The summed E-state index contributed by atoms with van der Waals surface area (Å²) in [6.45, 7) is 3.57. The minimum absolute atomic E-state index is 0.272. The molecule has 1 aliphatic heterocycles. The predicted octanol–water partition coefficient (Wildman–Crippen LogP) is 3.67. The fraction of sp³-hybridized carbons (Fsp3) is 0.353. The molecule has 1 aromatic carbocycles. The van der Waals surface area contributed by atoms with E-state index in [0.717, 1.165) is 19.5 Å². The quantitative estimate of drug-likeness (QED) is 0.854. The Labute approximate surface area is 124 Å². The van der Waals surface area contributed by atoms with Crippen molar-refractivity contribution in [3.05, 3.63) is 57.8 Å². The zero-order valence-corrected chi connectivity index (χ0v) is 12.5. The highest BCUT2D eigenvalue weighted by Crippen LogP contribution is 2.37. The third-order valence-electron chi connectivity index (χ3n) is 3.95. The Morgan fingerprint density at radius 1 is 1.30 bits per heavy atom. The second-order valence-corrected chi connectivity index (χ2v) is 6.33. The van der Waals surface area contributed by atoms with Gasteiger partial charge in [0.2, 0.25) is 0 Å². The first-order chi connectivity index (χ1) is 9.75. The van der Waals surface area contributed by atoms with Gasteiger partial charge >= 0.3 is 0 Å². The minimum atomic E-state index is 0.272.